The second kappa shape index (κ2) is 8.13. The summed E-state index contributed by atoms with van der Waals surface area (Å²) >= 11 is 0. The topological polar surface area (TPSA) is 98.1 Å². The van der Waals surface area contributed by atoms with E-state index in [9.17, 15) is 9.59 Å². The van der Waals surface area contributed by atoms with Gasteiger partial charge in [0.2, 0.25) is 0 Å². The number of nitrogens with zero attached hydrogens (tertiary/aromatic N) is 3. The van der Waals surface area contributed by atoms with E-state index in [-0.39, 0.29) is 18.4 Å². The normalized spacial score (nSPS) is 16.3. The molecule has 8 heteroatoms. The zero-order valence-corrected chi connectivity index (χ0v) is 19.9. The van der Waals surface area contributed by atoms with Gasteiger partial charge in [-0.25, -0.2) is 9.78 Å². The molecule has 0 saturated heterocycles. The Morgan fingerprint density at radius 1 is 1.26 bits per heavy atom. The molecule has 1 aliphatic rings. The number of carbonyl (C=O) groups excluding carboxylic acids is 2. The van der Waals surface area contributed by atoms with Crippen molar-refractivity contribution in [2.75, 3.05) is 6.54 Å². The van der Waals surface area contributed by atoms with E-state index in [1.54, 1.807) is 4.68 Å². The molecule has 1 atom stereocenters. The summed E-state index contributed by atoms with van der Waals surface area (Å²) in [5.74, 6) is 0.297. The highest BCUT2D eigenvalue weighted by Crippen LogP contribution is 2.40. The first-order valence-corrected chi connectivity index (χ1v) is 10.9. The molecule has 2 N–H and O–H groups in total. The fraction of sp³-hybridized carbons (Fsp3) is 0.652. The van der Waals surface area contributed by atoms with Crippen molar-refractivity contribution in [3.8, 4) is 0 Å². The van der Waals surface area contributed by atoms with Gasteiger partial charge in [0.25, 0.3) is 5.91 Å². The lowest BCUT2D eigenvalue weighted by Crippen LogP contribution is -2.57. The van der Waals surface area contributed by atoms with Crippen LogP contribution in [0, 0.1) is 12.8 Å². The fourth-order valence-corrected chi connectivity index (χ4v) is 3.52. The standard InChI is InChI=1S/C23H35N5O3/c1-13(2)23(7,12-24-21(30)31-22(4,5)6)26-20(29)16-11-17(15-9-10-15)25-19-18(16)14(3)27-28(19)8/h11,13,15H,9-10,12H2,1-8H3,(H,24,30)(H,26,29). The van der Waals surface area contributed by atoms with Crippen LogP contribution in [0.4, 0.5) is 4.79 Å². The molecule has 170 valence electrons. The maximum absolute atomic E-state index is 13.5. The lowest BCUT2D eigenvalue weighted by Gasteiger charge is -2.35. The van der Waals surface area contributed by atoms with Gasteiger partial charge in [-0.15, -0.1) is 0 Å². The Kier molecular flexibility index (Phi) is 6.04. The maximum atomic E-state index is 13.5. The lowest BCUT2D eigenvalue weighted by atomic mass is 9.87. The largest absolute Gasteiger partial charge is 0.444 e. The van der Waals surface area contributed by atoms with Gasteiger partial charge >= 0.3 is 6.09 Å². The summed E-state index contributed by atoms with van der Waals surface area (Å²) in [4.78, 5) is 30.4. The number of carbonyl (C=O) groups is 2. The van der Waals surface area contributed by atoms with Crippen LogP contribution in [0.1, 0.15) is 82.0 Å². The molecule has 1 saturated carbocycles. The summed E-state index contributed by atoms with van der Waals surface area (Å²) < 4.78 is 7.08. The lowest BCUT2D eigenvalue weighted by molar-refractivity contribution is 0.0497. The quantitative estimate of drug-likeness (QED) is 0.727. The SMILES string of the molecule is Cc1nn(C)c2nc(C3CC3)cc(C(=O)NC(C)(CNC(=O)OC(C)(C)C)C(C)C)c12. The number of rotatable bonds is 6. The van der Waals surface area contributed by atoms with Crippen LogP contribution in [-0.2, 0) is 11.8 Å². The minimum atomic E-state index is -0.667. The Hall–Kier alpha value is -2.64. The van der Waals surface area contributed by atoms with Gasteiger partial charge in [0.15, 0.2) is 5.65 Å². The zero-order valence-electron chi connectivity index (χ0n) is 19.9. The average Bonchev–Trinajstić information content (AvgIpc) is 3.44. The molecule has 8 nitrogen and oxygen atoms in total. The van der Waals surface area contributed by atoms with Gasteiger partial charge in [-0.3, -0.25) is 9.48 Å². The van der Waals surface area contributed by atoms with Gasteiger partial charge in [-0.05, 0) is 59.4 Å². The highest BCUT2D eigenvalue weighted by atomic mass is 16.6. The van der Waals surface area contributed by atoms with Crippen molar-refractivity contribution >= 4 is 23.0 Å². The third-order valence-electron chi connectivity index (χ3n) is 5.90. The van der Waals surface area contributed by atoms with Crippen molar-refractivity contribution < 1.29 is 14.3 Å². The van der Waals surface area contributed by atoms with E-state index in [2.05, 4.69) is 15.7 Å². The zero-order chi connectivity index (χ0) is 23.1. The molecular formula is C23H35N5O3. The second-order valence-corrected chi connectivity index (χ2v) is 10.2. The van der Waals surface area contributed by atoms with Crippen LogP contribution in [0.5, 0.6) is 0 Å². The van der Waals surface area contributed by atoms with E-state index in [1.165, 1.54) is 0 Å². The summed E-state index contributed by atoms with van der Waals surface area (Å²) in [7, 11) is 1.85. The minimum absolute atomic E-state index is 0.0709. The number of fused-ring (bicyclic) bond motifs is 1. The van der Waals surface area contributed by atoms with E-state index in [1.807, 2.05) is 61.6 Å². The molecule has 3 rings (SSSR count). The highest BCUT2D eigenvalue weighted by Gasteiger charge is 2.34. The van der Waals surface area contributed by atoms with E-state index < -0.39 is 17.2 Å². The average molecular weight is 430 g/mol. The predicted molar refractivity (Wildman–Crippen MR) is 120 cm³/mol. The molecular weight excluding hydrogens is 394 g/mol. The van der Waals surface area contributed by atoms with E-state index in [4.69, 9.17) is 9.72 Å². The summed E-state index contributed by atoms with van der Waals surface area (Å²) in [6, 6.07) is 1.91. The number of amides is 2. The van der Waals surface area contributed by atoms with Crippen molar-refractivity contribution in [1.82, 2.24) is 25.4 Å². The number of hydrogen-bond acceptors (Lipinski definition) is 5. The molecule has 2 amide bonds. The number of aryl methyl sites for hydroxylation is 2. The van der Waals surface area contributed by atoms with Crippen LogP contribution in [0.25, 0.3) is 11.0 Å². The van der Waals surface area contributed by atoms with Crippen LogP contribution < -0.4 is 10.6 Å². The highest BCUT2D eigenvalue weighted by molar-refractivity contribution is 6.07. The number of pyridine rings is 1. The third-order valence-corrected chi connectivity index (χ3v) is 5.90. The molecule has 2 heterocycles. The van der Waals surface area contributed by atoms with E-state index in [0.29, 0.717) is 11.5 Å². The number of ether oxygens (including phenoxy) is 1. The Bertz CT molecular complexity index is 1000. The van der Waals surface area contributed by atoms with Gasteiger partial charge in [-0.2, -0.15) is 5.10 Å². The number of alkyl carbamates (subject to hydrolysis) is 1. The summed E-state index contributed by atoms with van der Waals surface area (Å²) in [5.41, 5.74) is 1.78. The predicted octanol–water partition coefficient (Wildman–Crippen LogP) is 3.82. The van der Waals surface area contributed by atoms with Crippen molar-refractivity contribution in [2.24, 2.45) is 13.0 Å². The summed E-state index contributed by atoms with van der Waals surface area (Å²) in [6.45, 7) is 13.6. The molecule has 0 aliphatic heterocycles. The Labute approximate surface area is 184 Å². The molecule has 0 radical (unpaired) electrons. The first kappa shape index (κ1) is 23.0. The van der Waals surface area contributed by atoms with E-state index >= 15 is 0 Å². The Balaban J connectivity index is 1.87. The molecule has 31 heavy (non-hydrogen) atoms. The summed E-state index contributed by atoms with van der Waals surface area (Å²) in [6.07, 6.45) is 1.69. The van der Waals surface area contributed by atoms with Gasteiger partial charge in [0.1, 0.15) is 5.60 Å². The van der Waals surface area contributed by atoms with Gasteiger partial charge < -0.3 is 15.4 Å². The Morgan fingerprint density at radius 2 is 1.90 bits per heavy atom. The number of aromatic nitrogens is 3. The number of nitrogens with one attached hydrogen (secondary N) is 2. The van der Waals surface area contributed by atoms with Gasteiger partial charge in [0.05, 0.1) is 22.2 Å². The monoisotopic (exact) mass is 429 g/mol. The van der Waals surface area contributed by atoms with Crippen molar-refractivity contribution in [3.63, 3.8) is 0 Å². The van der Waals surface area contributed by atoms with Gasteiger partial charge in [0, 0.05) is 25.2 Å². The van der Waals surface area contributed by atoms with Crippen molar-refractivity contribution in [1.29, 1.82) is 0 Å². The fourth-order valence-electron chi connectivity index (χ4n) is 3.52. The first-order chi connectivity index (χ1) is 14.3. The molecule has 1 fully saturated rings. The van der Waals surface area contributed by atoms with Crippen LogP contribution in [-0.4, -0.2) is 44.4 Å². The van der Waals surface area contributed by atoms with Crippen molar-refractivity contribution in [2.45, 2.75) is 78.4 Å². The van der Waals surface area contributed by atoms with Crippen LogP contribution in [0.3, 0.4) is 0 Å². The minimum Gasteiger partial charge on any atom is -0.444 e. The molecule has 2 aromatic rings. The van der Waals surface area contributed by atoms with Crippen LogP contribution >= 0.6 is 0 Å². The van der Waals surface area contributed by atoms with E-state index in [0.717, 1.165) is 35.3 Å². The number of hydrogen-bond donors (Lipinski definition) is 2. The molecule has 0 aromatic carbocycles. The van der Waals surface area contributed by atoms with Gasteiger partial charge in [-0.1, -0.05) is 13.8 Å². The first-order valence-electron chi connectivity index (χ1n) is 10.9. The maximum Gasteiger partial charge on any atom is 0.407 e. The molecule has 0 spiro atoms. The van der Waals surface area contributed by atoms with Crippen LogP contribution in [0.15, 0.2) is 6.07 Å². The molecule has 1 unspecified atom stereocenters. The molecule has 2 aromatic heterocycles. The van der Waals surface area contributed by atoms with Crippen molar-refractivity contribution in [3.05, 3.63) is 23.0 Å². The second-order valence-electron chi connectivity index (χ2n) is 10.2. The van der Waals surface area contributed by atoms with Crippen LogP contribution in [0.2, 0.25) is 0 Å². The molecule has 0 bridgehead atoms. The third kappa shape index (κ3) is 5.17. The summed E-state index contributed by atoms with van der Waals surface area (Å²) in [5, 5.41) is 11.2. The molecule has 1 aliphatic carbocycles. The Morgan fingerprint density at radius 3 is 2.45 bits per heavy atom. The smallest absolute Gasteiger partial charge is 0.407 e.